The number of rotatable bonds is 4. The van der Waals surface area contributed by atoms with Crippen molar-refractivity contribution in [2.75, 3.05) is 39.6 Å². The van der Waals surface area contributed by atoms with E-state index >= 15 is 0 Å². The molecule has 0 aromatic carbocycles. The van der Waals surface area contributed by atoms with Gasteiger partial charge in [-0.05, 0) is 12.8 Å². The Morgan fingerprint density at radius 1 is 0.846 bits per heavy atom. The van der Waals surface area contributed by atoms with Crippen LogP contribution in [-0.2, 0) is 14.2 Å². The SMILES string of the molecule is C1COCCO1.CCCOCCC. The van der Waals surface area contributed by atoms with Gasteiger partial charge in [-0.3, -0.25) is 0 Å². The van der Waals surface area contributed by atoms with E-state index in [2.05, 4.69) is 13.8 Å². The van der Waals surface area contributed by atoms with E-state index in [4.69, 9.17) is 14.2 Å². The first-order valence-corrected chi connectivity index (χ1v) is 5.15. The molecule has 0 aromatic rings. The molecule has 0 spiro atoms. The summed E-state index contributed by atoms with van der Waals surface area (Å²) < 4.78 is 15.0. The Morgan fingerprint density at radius 2 is 1.23 bits per heavy atom. The van der Waals surface area contributed by atoms with Gasteiger partial charge in [-0.25, -0.2) is 0 Å². The molecule has 13 heavy (non-hydrogen) atoms. The summed E-state index contributed by atoms with van der Waals surface area (Å²) in [6.45, 7) is 9.20. The molecule has 0 bridgehead atoms. The van der Waals surface area contributed by atoms with Crippen LogP contribution in [0, 0.1) is 0 Å². The van der Waals surface area contributed by atoms with E-state index in [1.54, 1.807) is 0 Å². The summed E-state index contributed by atoms with van der Waals surface area (Å²) >= 11 is 0. The quantitative estimate of drug-likeness (QED) is 0.633. The predicted molar refractivity (Wildman–Crippen MR) is 53.0 cm³/mol. The van der Waals surface area contributed by atoms with Crippen molar-refractivity contribution in [1.82, 2.24) is 0 Å². The molecule has 0 N–H and O–H groups in total. The summed E-state index contributed by atoms with van der Waals surface area (Å²) in [5.41, 5.74) is 0. The normalized spacial score (nSPS) is 16.2. The number of ether oxygens (including phenoxy) is 3. The predicted octanol–water partition coefficient (Wildman–Crippen LogP) is 1.86. The molecule has 0 aliphatic carbocycles. The van der Waals surface area contributed by atoms with Gasteiger partial charge in [-0.1, -0.05) is 13.8 Å². The standard InChI is InChI=1S/C6H14O.C4H8O2/c1-3-5-7-6-4-2;1-2-6-4-3-5-1/h3-6H2,1-2H3;1-4H2. The van der Waals surface area contributed by atoms with E-state index in [-0.39, 0.29) is 0 Å². The fourth-order valence-electron chi connectivity index (χ4n) is 0.831. The third kappa shape index (κ3) is 11.9. The van der Waals surface area contributed by atoms with Gasteiger partial charge in [0.15, 0.2) is 0 Å². The summed E-state index contributed by atoms with van der Waals surface area (Å²) in [6.07, 6.45) is 2.28. The first-order chi connectivity index (χ1) is 6.41. The lowest BCUT2D eigenvalue weighted by Crippen LogP contribution is -2.16. The van der Waals surface area contributed by atoms with Gasteiger partial charge in [0.25, 0.3) is 0 Å². The first-order valence-electron chi connectivity index (χ1n) is 5.15. The van der Waals surface area contributed by atoms with E-state index in [1.165, 1.54) is 0 Å². The Labute approximate surface area is 81.4 Å². The molecule has 1 rings (SSSR count). The van der Waals surface area contributed by atoms with Crippen LogP contribution in [-0.4, -0.2) is 39.6 Å². The minimum atomic E-state index is 0.778. The molecule has 3 nitrogen and oxygen atoms in total. The molecule has 0 atom stereocenters. The highest BCUT2D eigenvalue weighted by molar-refractivity contribution is 4.37. The van der Waals surface area contributed by atoms with Crippen LogP contribution in [0.2, 0.25) is 0 Å². The molecule has 1 fully saturated rings. The molecule has 0 unspecified atom stereocenters. The molecule has 0 amide bonds. The van der Waals surface area contributed by atoms with Gasteiger partial charge in [0, 0.05) is 13.2 Å². The van der Waals surface area contributed by atoms with Crippen LogP contribution < -0.4 is 0 Å². The van der Waals surface area contributed by atoms with Crippen molar-refractivity contribution in [1.29, 1.82) is 0 Å². The van der Waals surface area contributed by atoms with Crippen molar-refractivity contribution in [3.05, 3.63) is 0 Å². The molecule has 0 aromatic heterocycles. The highest BCUT2D eigenvalue weighted by atomic mass is 16.6. The van der Waals surface area contributed by atoms with Gasteiger partial charge in [-0.2, -0.15) is 0 Å². The van der Waals surface area contributed by atoms with Crippen LogP contribution in [0.3, 0.4) is 0 Å². The van der Waals surface area contributed by atoms with Crippen molar-refractivity contribution in [2.45, 2.75) is 26.7 Å². The second kappa shape index (κ2) is 11.9. The lowest BCUT2D eigenvalue weighted by atomic mass is 10.5. The van der Waals surface area contributed by atoms with Crippen LogP contribution in [0.4, 0.5) is 0 Å². The van der Waals surface area contributed by atoms with Crippen molar-refractivity contribution in [3.63, 3.8) is 0 Å². The average molecular weight is 190 g/mol. The first kappa shape index (κ1) is 12.9. The molecule has 1 saturated heterocycles. The van der Waals surface area contributed by atoms with Crippen LogP contribution in [0.25, 0.3) is 0 Å². The number of hydrogen-bond donors (Lipinski definition) is 0. The van der Waals surface area contributed by atoms with Gasteiger partial charge >= 0.3 is 0 Å². The zero-order valence-corrected chi connectivity index (χ0v) is 8.88. The molecular weight excluding hydrogens is 168 g/mol. The van der Waals surface area contributed by atoms with E-state index in [1.807, 2.05) is 0 Å². The van der Waals surface area contributed by atoms with Gasteiger partial charge in [0.05, 0.1) is 26.4 Å². The van der Waals surface area contributed by atoms with Crippen LogP contribution in [0.15, 0.2) is 0 Å². The lowest BCUT2D eigenvalue weighted by Gasteiger charge is -2.09. The molecule has 1 heterocycles. The van der Waals surface area contributed by atoms with Gasteiger partial charge in [-0.15, -0.1) is 0 Å². The van der Waals surface area contributed by atoms with Crippen molar-refractivity contribution in [3.8, 4) is 0 Å². The van der Waals surface area contributed by atoms with Gasteiger partial charge in [0.2, 0.25) is 0 Å². The molecular formula is C10H22O3. The van der Waals surface area contributed by atoms with E-state index in [9.17, 15) is 0 Å². The maximum Gasteiger partial charge on any atom is 0.0701 e. The monoisotopic (exact) mass is 190 g/mol. The Bertz CT molecular complexity index is 66.7. The van der Waals surface area contributed by atoms with Gasteiger partial charge < -0.3 is 14.2 Å². The van der Waals surface area contributed by atoms with Crippen molar-refractivity contribution >= 4 is 0 Å². The topological polar surface area (TPSA) is 27.7 Å². The van der Waals surface area contributed by atoms with E-state index in [0.717, 1.165) is 52.5 Å². The second-order valence-electron chi connectivity index (χ2n) is 2.84. The molecule has 3 heteroatoms. The van der Waals surface area contributed by atoms with Crippen LogP contribution >= 0.6 is 0 Å². The fraction of sp³-hybridized carbons (Fsp3) is 1.00. The highest BCUT2D eigenvalue weighted by Gasteiger charge is 1.94. The Kier molecular flexibility index (Phi) is 11.8. The maximum absolute atomic E-state index is 5.13. The smallest absolute Gasteiger partial charge is 0.0701 e. The fourth-order valence-corrected chi connectivity index (χ4v) is 0.831. The second-order valence-corrected chi connectivity index (χ2v) is 2.84. The largest absolute Gasteiger partial charge is 0.381 e. The molecule has 0 radical (unpaired) electrons. The minimum absolute atomic E-state index is 0.778. The Hall–Kier alpha value is -0.120. The molecule has 1 aliphatic rings. The average Bonchev–Trinajstić information content (AvgIpc) is 2.22. The van der Waals surface area contributed by atoms with Crippen molar-refractivity contribution < 1.29 is 14.2 Å². The van der Waals surface area contributed by atoms with Crippen molar-refractivity contribution in [2.24, 2.45) is 0 Å². The summed E-state index contributed by atoms with van der Waals surface area (Å²) in [7, 11) is 0. The summed E-state index contributed by atoms with van der Waals surface area (Å²) in [5.74, 6) is 0. The highest BCUT2D eigenvalue weighted by Crippen LogP contribution is 1.85. The molecule has 0 saturated carbocycles. The van der Waals surface area contributed by atoms with Gasteiger partial charge in [0.1, 0.15) is 0 Å². The third-order valence-corrected chi connectivity index (χ3v) is 1.44. The van der Waals surface area contributed by atoms with Crippen LogP contribution in [0.1, 0.15) is 26.7 Å². The minimum Gasteiger partial charge on any atom is -0.381 e. The third-order valence-electron chi connectivity index (χ3n) is 1.44. The Balaban J connectivity index is 0.000000223. The maximum atomic E-state index is 5.13. The summed E-state index contributed by atoms with van der Waals surface area (Å²) in [4.78, 5) is 0. The number of hydrogen-bond acceptors (Lipinski definition) is 3. The lowest BCUT2D eigenvalue weighted by molar-refractivity contribution is -0.0334. The summed E-state index contributed by atoms with van der Waals surface area (Å²) in [5, 5.41) is 0. The van der Waals surface area contributed by atoms with E-state index < -0.39 is 0 Å². The molecule has 80 valence electrons. The van der Waals surface area contributed by atoms with E-state index in [0.29, 0.717) is 0 Å². The zero-order valence-electron chi connectivity index (χ0n) is 8.88. The van der Waals surface area contributed by atoms with Crippen LogP contribution in [0.5, 0.6) is 0 Å². The molecule has 1 aliphatic heterocycles. The summed E-state index contributed by atoms with van der Waals surface area (Å²) in [6, 6.07) is 0. The Morgan fingerprint density at radius 3 is 1.46 bits per heavy atom. The zero-order chi connectivity index (χ0) is 9.78.